The second-order valence-corrected chi connectivity index (χ2v) is 5.36. The second-order valence-electron chi connectivity index (χ2n) is 5.36. The highest BCUT2D eigenvalue weighted by Gasteiger charge is 2.42. The van der Waals surface area contributed by atoms with E-state index in [2.05, 4.69) is 0 Å². The third-order valence-electron chi connectivity index (χ3n) is 3.46. The molecule has 0 saturated carbocycles. The summed E-state index contributed by atoms with van der Waals surface area (Å²) in [5.41, 5.74) is 0. The molecule has 0 radical (unpaired) electrons. The van der Waals surface area contributed by atoms with Gasteiger partial charge in [0.05, 0.1) is 18.8 Å². The van der Waals surface area contributed by atoms with Gasteiger partial charge >= 0.3 is 5.97 Å². The van der Waals surface area contributed by atoms with Crippen LogP contribution in [-0.4, -0.2) is 64.7 Å². The fourth-order valence-electron chi connectivity index (χ4n) is 2.12. The molecule has 1 aliphatic rings. The smallest absolute Gasteiger partial charge is 0.330 e. The minimum Gasteiger partial charge on any atom is -0.463 e. The van der Waals surface area contributed by atoms with Crippen molar-refractivity contribution in [1.82, 2.24) is 0 Å². The van der Waals surface area contributed by atoms with Crippen molar-refractivity contribution in [3.8, 4) is 0 Å². The van der Waals surface area contributed by atoms with Crippen molar-refractivity contribution >= 4 is 5.97 Å². The Morgan fingerprint density at radius 3 is 2.59 bits per heavy atom. The van der Waals surface area contributed by atoms with Crippen LogP contribution in [0.2, 0.25) is 0 Å². The Balaban J connectivity index is 2.35. The minimum atomic E-state index is -1.30. The molecule has 128 valence electrons. The molecule has 6 atom stereocenters. The maximum Gasteiger partial charge on any atom is 0.330 e. The fraction of sp³-hybridized carbons (Fsp3) is 0.800. The van der Waals surface area contributed by atoms with E-state index in [4.69, 9.17) is 14.2 Å². The van der Waals surface area contributed by atoms with Crippen LogP contribution in [-0.2, 0) is 19.0 Å². The molecular formula is C15H26O7. The lowest BCUT2D eigenvalue weighted by Gasteiger charge is -2.39. The van der Waals surface area contributed by atoms with Gasteiger partial charge in [0.15, 0.2) is 6.29 Å². The van der Waals surface area contributed by atoms with E-state index in [-0.39, 0.29) is 12.1 Å². The van der Waals surface area contributed by atoms with E-state index in [1.54, 1.807) is 26.8 Å². The van der Waals surface area contributed by atoms with Gasteiger partial charge in [-0.3, -0.25) is 0 Å². The number of ether oxygens (including phenoxy) is 3. The summed E-state index contributed by atoms with van der Waals surface area (Å²) in [6, 6.07) is 0. The van der Waals surface area contributed by atoms with Crippen molar-refractivity contribution < 1.29 is 34.3 Å². The number of aliphatic hydroxyl groups excluding tert-OH is 3. The highest BCUT2D eigenvalue weighted by Crippen LogP contribution is 2.23. The van der Waals surface area contributed by atoms with E-state index in [1.165, 1.54) is 6.08 Å². The third kappa shape index (κ3) is 5.66. The number of esters is 1. The van der Waals surface area contributed by atoms with Crippen molar-refractivity contribution in [2.45, 2.75) is 70.4 Å². The van der Waals surface area contributed by atoms with Gasteiger partial charge in [-0.05, 0) is 33.6 Å². The normalized spacial score (nSPS) is 33.8. The van der Waals surface area contributed by atoms with Gasteiger partial charge in [-0.25, -0.2) is 4.79 Å². The molecule has 1 aliphatic heterocycles. The number of carbonyl (C=O) groups is 1. The highest BCUT2D eigenvalue weighted by atomic mass is 16.7. The van der Waals surface area contributed by atoms with E-state index in [9.17, 15) is 20.1 Å². The predicted molar refractivity (Wildman–Crippen MR) is 77.9 cm³/mol. The average molecular weight is 318 g/mol. The Hall–Kier alpha value is -0.990. The molecule has 0 aromatic carbocycles. The number of hydrogen-bond acceptors (Lipinski definition) is 7. The van der Waals surface area contributed by atoms with Gasteiger partial charge in [0.1, 0.15) is 18.3 Å². The number of hydrogen-bond donors (Lipinski definition) is 3. The van der Waals surface area contributed by atoms with E-state index >= 15 is 0 Å². The largest absolute Gasteiger partial charge is 0.463 e. The van der Waals surface area contributed by atoms with Crippen LogP contribution >= 0.6 is 0 Å². The SMILES string of the molecule is CCOC(=O)/C=C/CC[C@@H](C)O[C@@H]1O[C@@H](C)[C@H](O)[C@@H](O)[C@H]1O. The number of aliphatic hydroxyl groups is 3. The summed E-state index contributed by atoms with van der Waals surface area (Å²) in [7, 11) is 0. The van der Waals surface area contributed by atoms with Crippen molar-refractivity contribution in [3.63, 3.8) is 0 Å². The van der Waals surface area contributed by atoms with Crippen LogP contribution in [0.15, 0.2) is 12.2 Å². The van der Waals surface area contributed by atoms with Gasteiger partial charge in [-0.15, -0.1) is 0 Å². The van der Waals surface area contributed by atoms with Crippen LogP contribution in [0.4, 0.5) is 0 Å². The monoisotopic (exact) mass is 318 g/mol. The van der Waals surface area contributed by atoms with Gasteiger partial charge in [0, 0.05) is 6.08 Å². The molecule has 7 heteroatoms. The first-order chi connectivity index (χ1) is 10.4. The van der Waals surface area contributed by atoms with E-state index in [0.29, 0.717) is 19.4 Å². The molecular weight excluding hydrogens is 292 g/mol. The topological polar surface area (TPSA) is 105 Å². The third-order valence-corrected chi connectivity index (χ3v) is 3.46. The van der Waals surface area contributed by atoms with Crippen molar-refractivity contribution in [2.75, 3.05) is 6.61 Å². The molecule has 1 fully saturated rings. The Morgan fingerprint density at radius 1 is 1.27 bits per heavy atom. The van der Waals surface area contributed by atoms with E-state index in [1.807, 2.05) is 0 Å². The van der Waals surface area contributed by atoms with Crippen molar-refractivity contribution in [1.29, 1.82) is 0 Å². The van der Waals surface area contributed by atoms with E-state index in [0.717, 1.165) is 0 Å². The van der Waals surface area contributed by atoms with Gasteiger partial charge in [0.2, 0.25) is 0 Å². The predicted octanol–water partition coefficient (Wildman–Crippen LogP) is 0.118. The molecule has 1 saturated heterocycles. The highest BCUT2D eigenvalue weighted by molar-refractivity contribution is 5.81. The van der Waals surface area contributed by atoms with Gasteiger partial charge in [-0.1, -0.05) is 6.08 Å². The molecule has 1 rings (SSSR count). The molecule has 0 bridgehead atoms. The van der Waals surface area contributed by atoms with Crippen molar-refractivity contribution in [2.24, 2.45) is 0 Å². The lowest BCUT2D eigenvalue weighted by molar-refractivity contribution is -0.302. The van der Waals surface area contributed by atoms with Crippen LogP contribution in [0.25, 0.3) is 0 Å². The van der Waals surface area contributed by atoms with Crippen LogP contribution in [0.3, 0.4) is 0 Å². The summed E-state index contributed by atoms with van der Waals surface area (Å²) in [5, 5.41) is 29.1. The first-order valence-corrected chi connectivity index (χ1v) is 7.55. The second kappa shape index (κ2) is 9.22. The van der Waals surface area contributed by atoms with Crippen LogP contribution in [0.5, 0.6) is 0 Å². The molecule has 0 aromatic heterocycles. The zero-order chi connectivity index (χ0) is 16.7. The first kappa shape index (κ1) is 19.1. The lowest BCUT2D eigenvalue weighted by Crippen LogP contribution is -2.57. The van der Waals surface area contributed by atoms with Gasteiger partial charge in [0.25, 0.3) is 0 Å². The quantitative estimate of drug-likeness (QED) is 0.452. The molecule has 7 nitrogen and oxygen atoms in total. The molecule has 0 aromatic rings. The number of allylic oxidation sites excluding steroid dienone is 1. The Bertz CT molecular complexity index is 371. The zero-order valence-electron chi connectivity index (χ0n) is 13.2. The van der Waals surface area contributed by atoms with Crippen molar-refractivity contribution in [3.05, 3.63) is 12.2 Å². The molecule has 0 spiro atoms. The molecule has 0 amide bonds. The van der Waals surface area contributed by atoms with Gasteiger partial charge in [-0.2, -0.15) is 0 Å². The number of carbonyl (C=O) groups excluding carboxylic acids is 1. The fourth-order valence-corrected chi connectivity index (χ4v) is 2.12. The summed E-state index contributed by atoms with van der Waals surface area (Å²) < 4.78 is 15.7. The summed E-state index contributed by atoms with van der Waals surface area (Å²) in [4.78, 5) is 11.1. The molecule has 1 heterocycles. The Morgan fingerprint density at radius 2 is 1.95 bits per heavy atom. The number of rotatable bonds is 7. The summed E-state index contributed by atoms with van der Waals surface area (Å²) >= 11 is 0. The maximum absolute atomic E-state index is 11.1. The van der Waals surface area contributed by atoms with Crippen LogP contribution < -0.4 is 0 Å². The standard InChI is InChI=1S/C15H26O7/c1-4-20-11(16)8-6-5-7-9(2)21-15-14(19)13(18)12(17)10(3)22-15/h6,8-10,12-15,17-19H,4-5,7H2,1-3H3/b8-6+/t9-,10+,12+,13-,14-,15-/m1/s1. The van der Waals surface area contributed by atoms with Gasteiger partial charge < -0.3 is 29.5 Å². The van der Waals surface area contributed by atoms with E-state index < -0.39 is 30.7 Å². The zero-order valence-corrected chi connectivity index (χ0v) is 13.2. The summed E-state index contributed by atoms with van der Waals surface area (Å²) in [6.45, 7) is 5.48. The maximum atomic E-state index is 11.1. The van der Waals surface area contributed by atoms with Crippen LogP contribution in [0, 0.1) is 0 Å². The summed E-state index contributed by atoms with van der Waals surface area (Å²) in [6.07, 6.45) is -1.34. The summed E-state index contributed by atoms with van der Waals surface area (Å²) in [5.74, 6) is -0.381. The van der Waals surface area contributed by atoms with Crippen LogP contribution in [0.1, 0.15) is 33.6 Å². The average Bonchev–Trinajstić information content (AvgIpc) is 2.47. The molecule has 0 unspecified atom stereocenters. The lowest BCUT2D eigenvalue weighted by atomic mass is 10.00. The first-order valence-electron chi connectivity index (χ1n) is 7.55. The molecule has 0 aliphatic carbocycles. The molecule has 3 N–H and O–H groups in total. The Labute approximate surface area is 130 Å². The Kier molecular flexibility index (Phi) is 7.98. The minimum absolute atomic E-state index is 0.249. The molecule has 22 heavy (non-hydrogen) atoms.